The molecule has 2 unspecified atom stereocenters. The first-order valence-electron chi connectivity index (χ1n) is 13.4. The number of hydrogen-bond donors (Lipinski definition) is 1. The Balaban J connectivity index is 1.09. The summed E-state index contributed by atoms with van der Waals surface area (Å²) < 4.78 is 7.88. The minimum absolute atomic E-state index is 0.000797. The third kappa shape index (κ3) is 4.56. The highest BCUT2D eigenvalue weighted by atomic mass is 16.5. The maximum Gasteiger partial charge on any atom is 0.245 e. The topological polar surface area (TPSA) is 127 Å². The molecule has 3 aromatic heterocycles. The van der Waals surface area contributed by atoms with Gasteiger partial charge in [0.1, 0.15) is 34.4 Å². The second-order valence-corrected chi connectivity index (χ2v) is 10.6. The normalized spacial score (nSPS) is 18.2. The number of nitrogens with zero attached hydrogens (tertiary/aromatic N) is 9. The Bertz CT molecular complexity index is 1800. The maximum absolute atomic E-state index is 12.0. The third-order valence-electron chi connectivity index (χ3n) is 7.87. The zero-order valence-electron chi connectivity index (χ0n) is 22.7. The predicted molar refractivity (Wildman–Crippen MR) is 154 cm³/mol. The van der Waals surface area contributed by atoms with Crippen LogP contribution in [0.15, 0.2) is 61.6 Å². The number of benzene rings is 2. The Labute approximate surface area is 235 Å². The van der Waals surface area contributed by atoms with Crippen molar-refractivity contribution in [3.63, 3.8) is 0 Å². The van der Waals surface area contributed by atoms with E-state index in [9.17, 15) is 4.79 Å². The van der Waals surface area contributed by atoms with Gasteiger partial charge in [-0.1, -0.05) is 11.8 Å². The average Bonchev–Trinajstić information content (AvgIpc) is 3.68. The average molecular weight is 549 g/mol. The molecule has 1 N–H and O–H groups in total. The Morgan fingerprint density at radius 3 is 2.66 bits per heavy atom. The van der Waals surface area contributed by atoms with Crippen LogP contribution >= 0.6 is 0 Å². The molecule has 0 bridgehead atoms. The summed E-state index contributed by atoms with van der Waals surface area (Å²) in [6.07, 6.45) is 4.64. The smallest absolute Gasteiger partial charge is 0.245 e. The van der Waals surface area contributed by atoms with Crippen molar-refractivity contribution in [2.75, 3.05) is 36.4 Å². The summed E-state index contributed by atoms with van der Waals surface area (Å²) in [4.78, 5) is 34.4. The van der Waals surface area contributed by atoms with Gasteiger partial charge in [-0.25, -0.2) is 24.6 Å². The van der Waals surface area contributed by atoms with E-state index >= 15 is 0 Å². The van der Waals surface area contributed by atoms with Crippen LogP contribution in [0.5, 0.6) is 11.5 Å². The number of ether oxygens (including phenoxy) is 1. The van der Waals surface area contributed by atoms with Crippen LogP contribution in [-0.4, -0.2) is 71.9 Å². The van der Waals surface area contributed by atoms with Gasteiger partial charge in [0.2, 0.25) is 11.9 Å². The molecule has 206 valence electrons. The van der Waals surface area contributed by atoms with Gasteiger partial charge in [0.05, 0.1) is 11.7 Å². The molecule has 2 aromatic carbocycles. The Kier molecular flexibility index (Phi) is 5.95. The van der Waals surface area contributed by atoms with E-state index in [-0.39, 0.29) is 5.91 Å². The van der Waals surface area contributed by atoms with Gasteiger partial charge >= 0.3 is 0 Å². The number of amides is 1. The first-order chi connectivity index (χ1) is 19.9. The van der Waals surface area contributed by atoms with Gasteiger partial charge in [0.15, 0.2) is 5.82 Å². The lowest BCUT2D eigenvalue weighted by Crippen LogP contribution is -2.32. The van der Waals surface area contributed by atoms with Gasteiger partial charge in [0.25, 0.3) is 0 Å². The largest absolute Gasteiger partial charge is 0.457 e. The lowest BCUT2D eigenvalue weighted by molar-refractivity contribution is -0.125. The SMILES string of the molecule is C=CC(=O)N1CC2CN(c3ncc4ncnc(Nc5ccc(Oc6ccc7c(c6)nnn7C)c(C)c5)c4n3)CC2C1. The quantitative estimate of drug-likeness (QED) is 0.314. The van der Waals surface area contributed by atoms with Crippen molar-refractivity contribution in [2.45, 2.75) is 6.92 Å². The van der Waals surface area contributed by atoms with E-state index in [1.807, 2.05) is 55.3 Å². The molecule has 2 atom stereocenters. The Morgan fingerprint density at radius 2 is 1.88 bits per heavy atom. The van der Waals surface area contributed by atoms with Gasteiger partial charge in [-0.3, -0.25) is 4.79 Å². The highest BCUT2D eigenvalue weighted by molar-refractivity contribution is 5.88. The molecule has 12 nitrogen and oxygen atoms in total. The minimum Gasteiger partial charge on any atom is -0.457 e. The van der Waals surface area contributed by atoms with E-state index in [0.29, 0.717) is 40.4 Å². The van der Waals surface area contributed by atoms with E-state index in [2.05, 4.69) is 42.1 Å². The molecule has 0 aliphatic carbocycles. The van der Waals surface area contributed by atoms with Gasteiger partial charge in [0, 0.05) is 56.8 Å². The summed E-state index contributed by atoms with van der Waals surface area (Å²) >= 11 is 0. The molecule has 2 fully saturated rings. The molecular weight excluding hydrogens is 520 g/mol. The molecule has 41 heavy (non-hydrogen) atoms. The standard InChI is InChI=1S/C29H28N10O2/c1-4-26(40)38-12-18-14-39(15-19(18)13-38)29-30-11-23-27(34-29)28(32-16-31-23)33-20-5-8-25(17(2)9-20)41-21-6-7-24-22(10-21)35-36-37(24)3/h4-11,16,18-19H,1,12-15H2,2-3H3,(H,31,32,33). The van der Waals surface area contributed by atoms with Crippen LogP contribution in [0.3, 0.4) is 0 Å². The fraction of sp³-hybridized carbons (Fsp3) is 0.276. The Morgan fingerprint density at radius 1 is 1.05 bits per heavy atom. The molecule has 0 saturated carbocycles. The minimum atomic E-state index is -0.000797. The molecule has 2 aliphatic heterocycles. The van der Waals surface area contributed by atoms with E-state index in [4.69, 9.17) is 9.72 Å². The number of nitrogens with one attached hydrogen (secondary N) is 1. The lowest BCUT2D eigenvalue weighted by atomic mass is 10.0. The van der Waals surface area contributed by atoms with Gasteiger partial charge in [-0.05, 0) is 48.9 Å². The summed E-state index contributed by atoms with van der Waals surface area (Å²) in [6, 6.07) is 11.6. The number of fused-ring (bicyclic) bond motifs is 3. The van der Waals surface area contributed by atoms with E-state index in [0.717, 1.165) is 54.2 Å². The number of carbonyl (C=O) groups is 1. The van der Waals surface area contributed by atoms with Crippen molar-refractivity contribution in [2.24, 2.45) is 18.9 Å². The molecule has 0 radical (unpaired) electrons. The number of aryl methyl sites for hydroxylation is 2. The molecule has 2 aliphatic rings. The summed E-state index contributed by atoms with van der Waals surface area (Å²) in [6.45, 7) is 8.69. The third-order valence-corrected chi connectivity index (χ3v) is 7.87. The molecular formula is C29H28N10O2. The summed E-state index contributed by atoms with van der Waals surface area (Å²) in [7, 11) is 1.86. The summed E-state index contributed by atoms with van der Waals surface area (Å²) in [5.41, 5.74) is 4.83. The fourth-order valence-electron chi connectivity index (χ4n) is 5.74. The van der Waals surface area contributed by atoms with Crippen molar-refractivity contribution in [1.29, 1.82) is 0 Å². The molecule has 2 saturated heterocycles. The number of carbonyl (C=O) groups excluding carboxylic acids is 1. The van der Waals surface area contributed by atoms with Crippen molar-refractivity contribution < 1.29 is 9.53 Å². The summed E-state index contributed by atoms with van der Waals surface area (Å²) in [5.74, 6) is 3.47. The van der Waals surface area contributed by atoms with Crippen molar-refractivity contribution in [3.05, 3.63) is 67.1 Å². The van der Waals surface area contributed by atoms with E-state index in [1.165, 1.54) is 12.4 Å². The molecule has 1 amide bonds. The molecule has 0 spiro atoms. The van der Waals surface area contributed by atoms with Crippen molar-refractivity contribution in [1.82, 2.24) is 39.8 Å². The number of hydrogen-bond acceptors (Lipinski definition) is 10. The number of likely N-dealkylation sites (tertiary alicyclic amines) is 1. The van der Waals surface area contributed by atoms with Crippen LogP contribution in [0.4, 0.5) is 17.5 Å². The zero-order chi connectivity index (χ0) is 28.1. The highest BCUT2D eigenvalue weighted by Crippen LogP contribution is 2.34. The van der Waals surface area contributed by atoms with Crippen molar-refractivity contribution in [3.8, 4) is 11.5 Å². The van der Waals surface area contributed by atoms with Crippen LogP contribution in [0, 0.1) is 18.8 Å². The first-order valence-corrected chi connectivity index (χ1v) is 13.4. The Hall–Kier alpha value is -5.13. The van der Waals surface area contributed by atoms with Crippen LogP contribution in [0.1, 0.15) is 5.56 Å². The second kappa shape index (κ2) is 9.81. The molecule has 5 aromatic rings. The van der Waals surface area contributed by atoms with Gasteiger partial charge in [-0.15, -0.1) is 5.10 Å². The highest BCUT2D eigenvalue weighted by Gasteiger charge is 2.41. The fourth-order valence-corrected chi connectivity index (χ4v) is 5.74. The summed E-state index contributed by atoms with van der Waals surface area (Å²) in [5, 5.41) is 11.6. The van der Waals surface area contributed by atoms with Gasteiger partial charge in [-0.2, -0.15) is 0 Å². The number of aromatic nitrogens is 7. The second-order valence-electron chi connectivity index (χ2n) is 10.6. The maximum atomic E-state index is 12.0. The lowest BCUT2D eigenvalue weighted by Gasteiger charge is -2.21. The van der Waals surface area contributed by atoms with Crippen LogP contribution in [0.25, 0.3) is 22.1 Å². The van der Waals surface area contributed by atoms with Crippen LogP contribution in [-0.2, 0) is 11.8 Å². The van der Waals surface area contributed by atoms with Crippen LogP contribution < -0.4 is 15.0 Å². The monoisotopic (exact) mass is 548 g/mol. The number of rotatable bonds is 6. The zero-order valence-corrected chi connectivity index (χ0v) is 22.7. The van der Waals surface area contributed by atoms with Gasteiger partial charge < -0.3 is 19.9 Å². The van der Waals surface area contributed by atoms with E-state index < -0.39 is 0 Å². The van der Waals surface area contributed by atoms with E-state index in [1.54, 1.807) is 10.9 Å². The molecule has 5 heterocycles. The first kappa shape index (κ1) is 24.9. The molecule has 7 rings (SSSR count). The van der Waals surface area contributed by atoms with Crippen LogP contribution in [0.2, 0.25) is 0 Å². The predicted octanol–water partition coefficient (Wildman–Crippen LogP) is 3.63. The van der Waals surface area contributed by atoms with Crippen molar-refractivity contribution >= 4 is 45.4 Å². The number of anilines is 3. The molecule has 12 heteroatoms.